The third-order valence-corrected chi connectivity index (χ3v) is 3.66. The van der Waals surface area contributed by atoms with Crippen molar-refractivity contribution in [3.8, 4) is 6.07 Å². The van der Waals surface area contributed by atoms with Crippen LogP contribution >= 0.6 is 0 Å². The summed E-state index contributed by atoms with van der Waals surface area (Å²) in [5, 5.41) is 18.9. The Balaban J connectivity index is 2.43. The van der Waals surface area contributed by atoms with Crippen molar-refractivity contribution in [3.05, 3.63) is 35.1 Å². The van der Waals surface area contributed by atoms with E-state index in [-0.39, 0.29) is 5.92 Å². The quantitative estimate of drug-likeness (QED) is 0.722. The standard InChI is InChI=1S/C18H26N2O2/c1-13(6-5-7-14(2)11-19)8-9-18(21)15(3)10-17-12-22-16(4)20-17/h8,10,12,14,18,21H,5-7,9H2,1-4H3/b13-8-,15-10+/t14-,18-/m0/s1. The number of oxazole rings is 1. The molecular formula is C18H26N2O2. The molecule has 0 fully saturated rings. The molecule has 120 valence electrons. The van der Waals surface area contributed by atoms with Gasteiger partial charge in [-0.1, -0.05) is 11.6 Å². The van der Waals surface area contributed by atoms with Crippen molar-refractivity contribution in [1.29, 1.82) is 5.26 Å². The maximum absolute atomic E-state index is 10.2. The van der Waals surface area contributed by atoms with E-state index in [1.54, 1.807) is 13.2 Å². The minimum absolute atomic E-state index is 0.120. The molecule has 0 spiro atoms. The number of aliphatic hydroxyl groups is 1. The van der Waals surface area contributed by atoms with Crippen molar-refractivity contribution in [2.24, 2.45) is 5.92 Å². The molecule has 0 saturated carbocycles. The van der Waals surface area contributed by atoms with Gasteiger partial charge >= 0.3 is 0 Å². The van der Waals surface area contributed by atoms with Gasteiger partial charge in [-0.3, -0.25) is 0 Å². The Labute approximate surface area is 133 Å². The summed E-state index contributed by atoms with van der Waals surface area (Å²) in [7, 11) is 0. The first kappa shape index (κ1) is 18.2. The lowest BCUT2D eigenvalue weighted by atomic mass is 10.0. The van der Waals surface area contributed by atoms with E-state index in [2.05, 4.69) is 24.1 Å². The maximum Gasteiger partial charge on any atom is 0.191 e. The lowest BCUT2D eigenvalue weighted by molar-refractivity contribution is 0.215. The summed E-state index contributed by atoms with van der Waals surface area (Å²) >= 11 is 0. The first-order valence-electron chi connectivity index (χ1n) is 7.76. The number of hydrogen-bond acceptors (Lipinski definition) is 4. The van der Waals surface area contributed by atoms with Crippen LogP contribution in [0.2, 0.25) is 0 Å². The molecule has 0 aromatic carbocycles. The molecule has 2 atom stereocenters. The molecule has 1 heterocycles. The van der Waals surface area contributed by atoms with E-state index in [4.69, 9.17) is 9.68 Å². The van der Waals surface area contributed by atoms with Crippen LogP contribution in [0.15, 0.2) is 27.9 Å². The molecule has 0 aliphatic heterocycles. The Bertz CT molecular complexity index is 564. The molecule has 1 aromatic heterocycles. The Kier molecular flexibility index (Phi) is 7.62. The van der Waals surface area contributed by atoms with E-state index in [9.17, 15) is 5.11 Å². The second-order valence-corrected chi connectivity index (χ2v) is 5.90. The first-order chi connectivity index (χ1) is 10.4. The van der Waals surface area contributed by atoms with Gasteiger partial charge in [0.25, 0.3) is 0 Å². The van der Waals surface area contributed by atoms with Crippen LogP contribution in [0.4, 0.5) is 0 Å². The third-order valence-electron chi connectivity index (χ3n) is 3.66. The van der Waals surface area contributed by atoms with Crippen molar-refractivity contribution < 1.29 is 9.52 Å². The van der Waals surface area contributed by atoms with Crippen LogP contribution in [0.5, 0.6) is 0 Å². The van der Waals surface area contributed by atoms with E-state index in [1.165, 1.54) is 5.57 Å². The van der Waals surface area contributed by atoms with Crippen LogP contribution in [0.3, 0.4) is 0 Å². The normalized spacial score (nSPS) is 15.5. The summed E-state index contributed by atoms with van der Waals surface area (Å²) in [5.41, 5.74) is 2.87. The van der Waals surface area contributed by atoms with Crippen LogP contribution in [0.25, 0.3) is 6.08 Å². The summed E-state index contributed by atoms with van der Waals surface area (Å²) in [6.45, 7) is 7.71. The van der Waals surface area contributed by atoms with Gasteiger partial charge in [0.2, 0.25) is 0 Å². The molecule has 1 rings (SSSR count). The summed E-state index contributed by atoms with van der Waals surface area (Å²) in [6.07, 6.45) is 8.51. The molecule has 0 radical (unpaired) electrons. The highest BCUT2D eigenvalue weighted by molar-refractivity contribution is 5.48. The van der Waals surface area contributed by atoms with Gasteiger partial charge in [0.05, 0.1) is 12.2 Å². The molecule has 22 heavy (non-hydrogen) atoms. The number of aryl methyl sites for hydroxylation is 1. The van der Waals surface area contributed by atoms with Crippen LogP contribution in [0.1, 0.15) is 58.0 Å². The van der Waals surface area contributed by atoms with Gasteiger partial charge in [-0.15, -0.1) is 0 Å². The summed E-state index contributed by atoms with van der Waals surface area (Å²) < 4.78 is 5.14. The van der Waals surface area contributed by atoms with E-state index in [1.807, 2.05) is 19.9 Å². The van der Waals surface area contributed by atoms with E-state index in [0.717, 1.165) is 30.5 Å². The second-order valence-electron chi connectivity index (χ2n) is 5.90. The van der Waals surface area contributed by atoms with Gasteiger partial charge in [-0.25, -0.2) is 4.98 Å². The number of rotatable bonds is 8. The van der Waals surface area contributed by atoms with Gasteiger partial charge in [0.1, 0.15) is 12.0 Å². The smallest absolute Gasteiger partial charge is 0.191 e. The average Bonchev–Trinajstić information content (AvgIpc) is 2.89. The molecule has 0 saturated heterocycles. The zero-order valence-corrected chi connectivity index (χ0v) is 14.0. The van der Waals surface area contributed by atoms with Crippen LogP contribution < -0.4 is 0 Å². The zero-order chi connectivity index (χ0) is 16.5. The Morgan fingerprint density at radius 1 is 1.50 bits per heavy atom. The molecule has 0 aliphatic carbocycles. The summed E-state index contributed by atoms with van der Waals surface area (Å²) in [4.78, 5) is 4.20. The molecule has 0 amide bonds. The Morgan fingerprint density at radius 3 is 2.82 bits per heavy atom. The van der Waals surface area contributed by atoms with Gasteiger partial charge in [0, 0.05) is 12.8 Å². The number of nitrogens with zero attached hydrogens (tertiary/aromatic N) is 2. The predicted molar refractivity (Wildman–Crippen MR) is 87.9 cm³/mol. The molecule has 1 aromatic rings. The minimum Gasteiger partial charge on any atom is -0.449 e. The molecular weight excluding hydrogens is 276 g/mol. The van der Waals surface area contributed by atoms with Crippen molar-refractivity contribution in [3.63, 3.8) is 0 Å². The van der Waals surface area contributed by atoms with Gasteiger partial charge in [0.15, 0.2) is 5.89 Å². The molecule has 0 aliphatic rings. The van der Waals surface area contributed by atoms with Gasteiger partial charge < -0.3 is 9.52 Å². The molecule has 0 unspecified atom stereocenters. The lowest BCUT2D eigenvalue weighted by Gasteiger charge is -2.09. The Morgan fingerprint density at radius 2 is 2.23 bits per heavy atom. The van der Waals surface area contributed by atoms with E-state index < -0.39 is 6.10 Å². The van der Waals surface area contributed by atoms with Crippen LogP contribution in [-0.4, -0.2) is 16.2 Å². The Hall–Kier alpha value is -1.86. The lowest BCUT2D eigenvalue weighted by Crippen LogP contribution is -2.06. The van der Waals surface area contributed by atoms with Crippen LogP contribution in [0, 0.1) is 24.2 Å². The number of aromatic nitrogens is 1. The van der Waals surface area contributed by atoms with Gasteiger partial charge in [-0.2, -0.15) is 5.26 Å². The number of aliphatic hydroxyl groups excluding tert-OH is 1. The monoisotopic (exact) mass is 302 g/mol. The van der Waals surface area contributed by atoms with Gasteiger partial charge in [-0.05, 0) is 58.1 Å². The summed E-state index contributed by atoms with van der Waals surface area (Å²) in [6, 6.07) is 2.25. The fraction of sp³-hybridized carbons (Fsp3) is 0.556. The second kappa shape index (κ2) is 9.22. The molecule has 4 heteroatoms. The zero-order valence-electron chi connectivity index (χ0n) is 14.0. The number of hydrogen-bond donors (Lipinski definition) is 1. The van der Waals surface area contributed by atoms with Crippen molar-refractivity contribution in [2.45, 2.75) is 59.5 Å². The highest BCUT2D eigenvalue weighted by atomic mass is 16.3. The number of allylic oxidation sites excluding steroid dienone is 1. The van der Waals surface area contributed by atoms with Crippen LogP contribution in [-0.2, 0) is 0 Å². The van der Waals surface area contributed by atoms with Crippen molar-refractivity contribution in [1.82, 2.24) is 4.98 Å². The van der Waals surface area contributed by atoms with Crippen molar-refractivity contribution >= 4 is 6.08 Å². The third kappa shape index (κ3) is 6.73. The minimum atomic E-state index is -0.509. The topological polar surface area (TPSA) is 70.1 Å². The van der Waals surface area contributed by atoms with E-state index in [0.29, 0.717) is 12.3 Å². The van der Waals surface area contributed by atoms with E-state index >= 15 is 0 Å². The predicted octanol–water partition coefficient (Wildman–Crippen LogP) is 4.41. The molecule has 1 N–H and O–H groups in total. The maximum atomic E-state index is 10.2. The average molecular weight is 302 g/mol. The fourth-order valence-electron chi connectivity index (χ4n) is 2.13. The molecule has 4 nitrogen and oxygen atoms in total. The highest BCUT2D eigenvalue weighted by Crippen LogP contribution is 2.16. The largest absolute Gasteiger partial charge is 0.449 e. The highest BCUT2D eigenvalue weighted by Gasteiger charge is 2.07. The SMILES string of the molecule is C/C(=C/C[C@H](O)/C(C)=C/c1coc(C)n1)CCC[C@H](C)C#N. The fourth-order valence-corrected chi connectivity index (χ4v) is 2.13. The van der Waals surface area contributed by atoms with Crippen molar-refractivity contribution in [2.75, 3.05) is 0 Å². The number of nitriles is 1. The summed E-state index contributed by atoms with van der Waals surface area (Å²) in [5.74, 6) is 0.741. The molecule has 0 bridgehead atoms. The first-order valence-corrected chi connectivity index (χ1v) is 7.76.